The van der Waals surface area contributed by atoms with Crippen LogP contribution in [0.2, 0.25) is 0 Å². The fourth-order valence-corrected chi connectivity index (χ4v) is 2.76. The Balaban J connectivity index is 1.80. The molecule has 1 N–H and O–H groups in total. The molecule has 0 unspecified atom stereocenters. The van der Waals surface area contributed by atoms with Crippen LogP contribution < -0.4 is 5.32 Å². The molecule has 122 valence electrons. The molecule has 2 rings (SSSR count). The Morgan fingerprint density at radius 2 is 2.09 bits per heavy atom. The van der Waals surface area contributed by atoms with Gasteiger partial charge in [0.15, 0.2) is 6.10 Å². The third-order valence-corrected chi connectivity index (χ3v) is 4.40. The molecule has 6 nitrogen and oxygen atoms in total. The van der Waals surface area contributed by atoms with E-state index in [2.05, 4.69) is 10.4 Å². The first kappa shape index (κ1) is 16.5. The fourth-order valence-electron chi connectivity index (χ4n) is 2.76. The van der Waals surface area contributed by atoms with E-state index in [1.807, 2.05) is 0 Å². The summed E-state index contributed by atoms with van der Waals surface area (Å²) in [5.41, 5.74) is 1.12. The molecule has 1 fully saturated rings. The van der Waals surface area contributed by atoms with Gasteiger partial charge in [-0.3, -0.25) is 9.48 Å². The number of hydrogen-bond acceptors (Lipinski definition) is 4. The summed E-state index contributed by atoms with van der Waals surface area (Å²) in [7, 11) is 1.76. The van der Waals surface area contributed by atoms with E-state index in [1.54, 1.807) is 25.6 Å². The Morgan fingerprint density at radius 3 is 2.68 bits per heavy atom. The van der Waals surface area contributed by atoms with Gasteiger partial charge in [0.1, 0.15) is 5.56 Å². The lowest BCUT2D eigenvalue weighted by molar-refractivity contribution is -0.129. The average Bonchev–Trinajstić information content (AvgIpc) is 2.85. The summed E-state index contributed by atoms with van der Waals surface area (Å²) in [6.07, 6.45) is 6.78. The number of rotatable bonds is 5. The second-order valence-electron chi connectivity index (χ2n) is 6.06. The maximum absolute atomic E-state index is 12.0. The maximum atomic E-state index is 12.0. The van der Waals surface area contributed by atoms with Gasteiger partial charge in [0.2, 0.25) is 0 Å². The van der Waals surface area contributed by atoms with Crippen LogP contribution in [0, 0.1) is 12.8 Å². The van der Waals surface area contributed by atoms with Crippen LogP contribution in [0.3, 0.4) is 0 Å². The normalized spacial score (nSPS) is 17.0. The van der Waals surface area contributed by atoms with E-state index >= 15 is 0 Å². The molecule has 1 aliphatic rings. The number of hydrogen-bond donors (Lipinski definition) is 1. The quantitative estimate of drug-likeness (QED) is 0.844. The number of aryl methyl sites for hydroxylation is 1. The van der Waals surface area contributed by atoms with Crippen molar-refractivity contribution in [3.8, 4) is 0 Å². The predicted molar refractivity (Wildman–Crippen MR) is 82.4 cm³/mol. The van der Waals surface area contributed by atoms with Gasteiger partial charge >= 0.3 is 5.97 Å². The minimum absolute atomic E-state index is 0.236. The number of nitrogens with zero attached hydrogens (tertiary/aromatic N) is 2. The highest BCUT2D eigenvalue weighted by molar-refractivity contribution is 5.92. The number of carbonyl (C=O) groups is 2. The Kier molecular flexibility index (Phi) is 5.57. The van der Waals surface area contributed by atoms with Crippen molar-refractivity contribution in [2.45, 2.75) is 52.1 Å². The van der Waals surface area contributed by atoms with Gasteiger partial charge in [0.25, 0.3) is 5.91 Å². The van der Waals surface area contributed by atoms with Gasteiger partial charge in [-0.15, -0.1) is 0 Å². The van der Waals surface area contributed by atoms with Gasteiger partial charge in [0, 0.05) is 19.3 Å². The molecule has 0 aromatic carbocycles. The van der Waals surface area contributed by atoms with E-state index < -0.39 is 12.1 Å². The van der Waals surface area contributed by atoms with Gasteiger partial charge in [-0.05, 0) is 32.6 Å². The number of esters is 1. The zero-order valence-electron chi connectivity index (χ0n) is 13.6. The molecule has 1 aromatic rings. The lowest BCUT2D eigenvalue weighted by Gasteiger charge is -2.22. The summed E-state index contributed by atoms with van der Waals surface area (Å²) in [5, 5.41) is 6.89. The van der Waals surface area contributed by atoms with E-state index in [9.17, 15) is 9.59 Å². The van der Waals surface area contributed by atoms with Crippen molar-refractivity contribution in [3.05, 3.63) is 17.5 Å². The van der Waals surface area contributed by atoms with Crippen molar-refractivity contribution in [3.63, 3.8) is 0 Å². The summed E-state index contributed by atoms with van der Waals surface area (Å²) >= 11 is 0. The lowest BCUT2D eigenvalue weighted by atomic mass is 9.89. The van der Waals surface area contributed by atoms with E-state index in [1.165, 1.54) is 38.3 Å². The van der Waals surface area contributed by atoms with Gasteiger partial charge in [-0.2, -0.15) is 5.10 Å². The van der Waals surface area contributed by atoms with Crippen LogP contribution in [-0.2, 0) is 16.6 Å². The highest BCUT2D eigenvalue weighted by Crippen LogP contribution is 2.22. The molecule has 0 bridgehead atoms. The molecule has 0 spiro atoms. The maximum Gasteiger partial charge on any atom is 0.342 e. The van der Waals surface area contributed by atoms with Crippen LogP contribution in [0.1, 0.15) is 55.1 Å². The topological polar surface area (TPSA) is 73.2 Å². The van der Waals surface area contributed by atoms with Crippen molar-refractivity contribution in [2.75, 3.05) is 6.54 Å². The second kappa shape index (κ2) is 7.42. The minimum atomic E-state index is -0.796. The molecule has 6 heteroatoms. The monoisotopic (exact) mass is 307 g/mol. The van der Waals surface area contributed by atoms with Gasteiger partial charge < -0.3 is 10.1 Å². The first-order valence-corrected chi connectivity index (χ1v) is 7.96. The van der Waals surface area contributed by atoms with E-state index in [-0.39, 0.29) is 5.91 Å². The Bertz CT molecular complexity index is 533. The molecule has 1 aliphatic carbocycles. The summed E-state index contributed by atoms with van der Waals surface area (Å²) in [5.74, 6) is -0.187. The fraction of sp³-hybridized carbons (Fsp3) is 0.688. The van der Waals surface area contributed by atoms with Crippen LogP contribution in [0.5, 0.6) is 0 Å². The Hall–Kier alpha value is -1.85. The van der Waals surface area contributed by atoms with Crippen LogP contribution >= 0.6 is 0 Å². The van der Waals surface area contributed by atoms with E-state index in [0.29, 0.717) is 18.0 Å². The highest BCUT2D eigenvalue weighted by Gasteiger charge is 2.22. The minimum Gasteiger partial charge on any atom is -0.449 e. The van der Waals surface area contributed by atoms with Crippen molar-refractivity contribution in [1.29, 1.82) is 0 Å². The molecular formula is C16H25N3O3. The van der Waals surface area contributed by atoms with Crippen LogP contribution in [0.25, 0.3) is 0 Å². The van der Waals surface area contributed by atoms with Crippen molar-refractivity contribution in [2.24, 2.45) is 13.0 Å². The third-order valence-electron chi connectivity index (χ3n) is 4.40. The molecule has 0 radical (unpaired) electrons. The first-order chi connectivity index (χ1) is 10.5. The van der Waals surface area contributed by atoms with Crippen LogP contribution in [0.15, 0.2) is 6.20 Å². The second-order valence-corrected chi connectivity index (χ2v) is 6.06. The SMILES string of the molecule is Cc1c(C(=O)O[C@@H](C)C(=O)NCC2CCCCC2)cnn1C. The molecule has 1 amide bonds. The molecule has 22 heavy (non-hydrogen) atoms. The molecule has 1 heterocycles. The number of aromatic nitrogens is 2. The summed E-state index contributed by atoms with van der Waals surface area (Å²) in [6.45, 7) is 4.06. The predicted octanol–water partition coefficient (Wildman–Crippen LogP) is 1.97. The molecular weight excluding hydrogens is 282 g/mol. The molecule has 1 atom stereocenters. The van der Waals surface area contributed by atoms with Gasteiger partial charge in [0.05, 0.1) is 6.20 Å². The van der Waals surface area contributed by atoms with E-state index in [4.69, 9.17) is 4.74 Å². The number of carbonyl (C=O) groups excluding carboxylic acids is 2. The van der Waals surface area contributed by atoms with Crippen LogP contribution in [-0.4, -0.2) is 34.3 Å². The summed E-state index contributed by atoms with van der Waals surface area (Å²) < 4.78 is 6.83. The molecule has 1 aromatic heterocycles. The largest absolute Gasteiger partial charge is 0.449 e. The highest BCUT2D eigenvalue weighted by atomic mass is 16.5. The molecule has 0 aliphatic heterocycles. The van der Waals surface area contributed by atoms with E-state index in [0.717, 1.165) is 5.69 Å². The van der Waals surface area contributed by atoms with Crippen LogP contribution in [0.4, 0.5) is 0 Å². The number of ether oxygens (including phenoxy) is 1. The first-order valence-electron chi connectivity index (χ1n) is 7.96. The third kappa shape index (κ3) is 4.08. The van der Waals surface area contributed by atoms with Crippen molar-refractivity contribution in [1.82, 2.24) is 15.1 Å². The number of amides is 1. The van der Waals surface area contributed by atoms with Crippen molar-refractivity contribution >= 4 is 11.9 Å². The molecule has 0 saturated heterocycles. The summed E-state index contributed by atoms with van der Waals surface area (Å²) in [4.78, 5) is 24.1. The van der Waals surface area contributed by atoms with Gasteiger partial charge in [-0.25, -0.2) is 4.79 Å². The lowest BCUT2D eigenvalue weighted by Crippen LogP contribution is -2.38. The zero-order chi connectivity index (χ0) is 16.1. The summed E-state index contributed by atoms with van der Waals surface area (Å²) in [6, 6.07) is 0. The van der Waals surface area contributed by atoms with Crippen molar-refractivity contribution < 1.29 is 14.3 Å². The Morgan fingerprint density at radius 1 is 1.41 bits per heavy atom. The number of nitrogens with one attached hydrogen (secondary N) is 1. The standard InChI is InChI=1S/C16H25N3O3/c1-11-14(10-18-19(11)3)16(21)22-12(2)15(20)17-9-13-7-5-4-6-8-13/h10,12-13H,4-9H2,1-3H3,(H,17,20)/t12-/m0/s1. The zero-order valence-corrected chi connectivity index (χ0v) is 13.6. The Labute approximate surface area is 131 Å². The van der Waals surface area contributed by atoms with Gasteiger partial charge in [-0.1, -0.05) is 19.3 Å². The smallest absolute Gasteiger partial charge is 0.342 e. The average molecular weight is 307 g/mol. The molecule has 1 saturated carbocycles.